The highest BCUT2D eigenvalue weighted by atomic mass is 16.5. The van der Waals surface area contributed by atoms with E-state index in [-0.39, 0.29) is 11.8 Å². The van der Waals surface area contributed by atoms with E-state index in [0.717, 1.165) is 61.4 Å². The largest absolute Gasteiger partial charge is 0.381 e. The van der Waals surface area contributed by atoms with E-state index in [1.165, 1.54) is 0 Å². The Hall–Kier alpha value is -2.48. The van der Waals surface area contributed by atoms with Crippen molar-refractivity contribution in [2.24, 2.45) is 11.8 Å². The molecule has 3 heterocycles. The Morgan fingerprint density at radius 1 is 1.23 bits per heavy atom. The lowest BCUT2D eigenvalue weighted by atomic mass is 9.79. The number of nitrogens with one attached hydrogen (secondary N) is 1. The van der Waals surface area contributed by atoms with Crippen molar-refractivity contribution in [1.29, 1.82) is 0 Å². The number of aromatic nitrogens is 3. The highest BCUT2D eigenvalue weighted by Crippen LogP contribution is 2.39. The Morgan fingerprint density at radius 3 is 2.67 bits per heavy atom. The standard InChI is InChI=1S/C22H31N5O3/c1-14-10-19(30-26-14)18-12-24-22(27(2)3)25-20(18)16-6-4-15(5-7-16)11-23-21(28)17-8-9-29-13-17/h10,12,15-17H,4-9,11,13H2,1-3H3,(H,23,28). The maximum Gasteiger partial charge on any atom is 0.225 e. The zero-order valence-corrected chi connectivity index (χ0v) is 18.1. The van der Waals surface area contributed by atoms with Gasteiger partial charge in [0.05, 0.1) is 29.5 Å². The van der Waals surface area contributed by atoms with E-state index in [1.54, 1.807) is 0 Å². The van der Waals surface area contributed by atoms with Crippen molar-refractivity contribution in [2.75, 3.05) is 38.8 Å². The minimum absolute atomic E-state index is 0.0275. The number of carbonyl (C=O) groups is 1. The minimum atomic E-state index is 0.0275. The van der Waals surface area contributed by atoms with Crippen LogP contribution in [0.5, 0.6) is 0 Å². The van der Waals surface area contributed by atoms with Crippen LogP contribution in [0.1, 0.15) is 49.4 Å². The van der Waals surface area contributed by atoms with Crippen LogP contribution in [0.15, 0.2) is 16.8 Å². The molecule has 1 aliphatic carbocycles. The number of amides is 1. The second-order valence-electron chi connectivity index (χ2n) is 8.72. The Morgan fingerprint density at radius 2 is 2.03 bits per heavy atom. The third-order valence-electron chi connectivity index (χ3n) is 6.20. The summed E-state index contributed by atoms with van der Waals surface area (Å²) < 4.78 is 10.8. The molecule has 0 aromatic carbocycles. The zero-order chi connectivity index (χ0) is 21.1. The van der Waals surface area contributed by atoms with Crippen LogP contribution < -0.4 is 10.2 Å². The number of nitrogens with zero attached hydrogens (tertiary/aromatic N) is 4. The summed E-state index contributed by atoms with van der Waals surface area (Å²) in [5, 5.41) is 7.17. The predicted octanol–water partition coefficient (Wildman–Crippen LogP) is 2.93. The van der Waals surface area contributed by atoms with Gasteiger partial charge in [-0.25, -0.2) is 9.97 Å². The molecule has 4 rings (SSSR count). The molecule has 1 atom stereocenters. The molecule has 2 aromatic rings. The summed E-state index contributed by atoms with van der Waals surface area (Å²) in [5.41, 5.74) is 2.81. The lowest BCUT2D eigenvalue weighted by Crippen LogP contribution is -2.35. The maximum absolute atomic E-state index is 12.2. The third-order valence-corrected chi connectivity index (χ3v) is 6.20. The van der Waals surface area contributed by atoms with Crippen molar-refractivity contribution < 1.29 is 14.1 Å². The topological polar surface area (TPSA) is 93.4 Å². The van der Waals surface area contributed by atoms with Crippen LogP contribution >= 0.6 is 0 Å². The molecular weight excluding hydrogens is 382 g/mol. The molecule has 162 valence electrons. The average molecular weight is 414 g/mol. The number of anilines is 1. The fraction of sp³-hybridized carbons (Fsp3) is 0.636. The number of aryl methyl sites for hydroxylation is 1. The number of ether oxygens (including phenoxy) is 1. The molecule has 8 heteroatoms. The lowest BCUT2D eigenvalue weighted by Gasteiger charge is -2.29. The Labute approximate surface area is 177 Å². The highest BCUT2D eigenvalue weighted by Gasteiger charge is 2.29. The Balaban J connectivity index is 1.42. The molecule has 30 heavy (non-hydrogen) atoms. The van der Waals surface area contributed by atoms with Gasteiger partial charge in [-0.05, 0) is 44.9 Å². The summed E-state index contributed by atoms with van der Waals surface area (Å²) in [6, 6.07) is 1.94. The maximum atomic E-state index is 12.2. The molecule has 1 amide bonds. The van der Waals surface area contributed by atoms with Crippen molar-refractivity contribution >= 4 is 11.9 Å². The molecule has 8 nitrogen and oxygen atoms in total. The van der Waals surface area contributed by atoms with Gasteiger partial charge in [-0.15, -0.1) is 0 Å². The van der Waals surface area contributed by atoms with Crippen molar-refractivity contribution in [3.8, 4) is 11.3 Å². The van der Waals surface area contributed by atoms with Gasteiger partial charge in [0.2, 0.25) is 11.9 Å². The molecule has 1 saturated heterocycles. The van der Waals surface area contributed by atoms with Crippen molar-refractivity contribution in [1.82, 2.24) is 20.4 Å². The summed E-state index contributed by atoms with van der Waals surface area (Å²) in [6.45, 7) is 3.93. The Bertz CT molecular complexity index is 867. The molecular formula is C22H31N5O3. The van der Waals surface area contributed by atoms with E-state index in [2.05, 4.69) is 15.5 Å². The fourth-order valence-electron chi connectivity index (χ4n) is 4.36. The molecule has 2 fully saturated rings. The number of hydrogen-bond acceptors (Lipinski definition) is 7. The summed E-state index contributed by atoms with van der Waals surface area (Å²) in [7, 11) is 3.90. The van der Waals surface area contributed by atoms with Crippen LogP contribution in [0.3, 0.4) is 0 Å². The quantitative estimate of drug-likeness (QED) is 0.778. The summed E-state index contributed by atoms with van der Waals surface area (Å²) in [5.74, 6) is 2.46. The van der Waals surface area contributed by atoms with Crippen molar-refractivity contribution in [2.45, 2.75) is 44.9 Å². The molecule has 1 N–H and O–H groups in total. The average Bonchev–Trinajstić information content (AvgIpc) is 3.44. The van der Waals surface area contributed by atoms with Gasteiger partial charge < -0.3 is 19.5 Å². The molecule has 2 aromatic heterocycles. The summed E-state index contributed by atoms with van der Waals surface area (Å²) in [6.07, 6.45) is 6.91. The highest BCUT2D eigenvalue weighted by molar-refractivity contribution is 5.79. The van der Waals surface area contributed by atoms with Crippen LogP contribution in [-0.2, 0) is 9.53 Å². The first-order chi connectivity index (χ1) is 14.5. The number of rotatable bonds is 6. The second-order valence-corrected chi connectivity index (χ2v) is 8.72. The molecule has 1 saturated carbocycles. The smallest absolute Gasteiger partial charge is 0.225 e. The van der Waals surface area contributed by atoms with E-state index >= 15 is 0 Å². The minimum Gasteiger partial charge on any atom is -0.381 e. The van der Waals surface area contributed by atoms with E-state index in [4.69, 9.17) is 14.2 Å². The second kappa shape index (κ2) is 9.12. The van der Waals surface area contributed by atoms with E-state index in [0.29, 0.717) is 31.0 Å². The monoisotopic (exact) mass is 413 g/mol. The van der Waals surface area contributed by atoms with Gasteiger partial charge in [0, 0.05) is 45.4 Å². The zero-order valence-electron chi connectivity index (χ0n) is 18.1. The number of carbonyl (C=O) groups excluding carboxylic acids is 1. The van der Waals surface area contributed by atoms with E-state index in [1.807, 2.05) is 38.2 Å². The van der Waals surface area contributed by atoms with Crippen molar-refractivity contribution in [3.63, 3.8) is 0 Å². The third kappa shape index (κ3) is 4.64. The molecule has 0 bridgehead atoms. The molecule has 0 spiro atoms. The van der Waals surface area contributed by atoms with Crippen LogP contribution in [0, 0.1) is 18.8 Å². The fourth-order valence-corrected chi connectivity index (χ4v) is 4.36. The summed E-state index contributed by atoms with van der Waals surface area (Å²) in [4.78, 5) is 23.5. The van der Waals surface area contributed by atoms with Gasteiger partial charge in [0.15, 0.2) is 5.76 Å². The molecule has 2 aliphatic rings. The first kappa shape index (κ1) is 20.8. The molecule has 0 radical (unpaired) electrons. The van der Waals surface area contributed by atoms with Gasteiger partial charge in [-0.3, -0.25) is 4.79 Å². The van der Waals surface area contributed by atoms with Gasteiger partial charge >= 0.3 is 0 Å². The normalized spacial score (nSPS) is 24.0. The first-order valence-corrected chi connectivity index (χ1v) is 10.8. The SMILES string of the molecule is Cc1cc(-c2cnc(N(C)C)nc2C2CCC(CNC(=O)C3CCOC3)CC2)on1. The van der Waals surface area contributed by atoms with Gasteiger partial charge in [0.1, 0.15) is 0 Å². The van der Waals surface area contributed by atoms with Crippen LogP contribution in [0.4, 0.5) is 5.95 Å². The van der Waals surface area contributed by atoms with Gasteiger partial charge in [-0.1, -0.05) is 5.16 Å². The number of hydrogen-bond donors (Lipinski definition) is 1. The van der Waals surface area contributed by atoms with Crippen molar-refractivity contribution in [3.05, 3.63) is 23.7 Å². The van der Waals surface area contributed by atoms with Crippen LogP contribution in [-0.4, -0.2) is 54.9 Å². The van der Waals surface area contributed by atoms with E-state index in [9.17, 15) is 4.79 Å². The Kier molecular flexibility index (Phi) is 6.32. The van der Waals surface area contributed by atoms with Crippen LogP contribution in [0.25, 0.3) is 11.3 Å². The predicted molar refractivity (Wildman–Crippen MR) is 113 cm³/mol. The van der Waals surface area contributed by atoms with Crippen LogP contribution in [0.2, 0.25) is 0 Å². The lowest BCUT2D eigenvalue weighted by molar-refractivity contribution is -0.125. The van der Waals surface area contributed by atoms with Gasteiger partial charge in [-0.2, -0.15) is 0 Å². The first-order valence-electron chi connectivity index (χ1n) is 10.8. The summed E-state index contributed by atoms with van der Waals surface area (Å²) >= 11 is 0. The molecule has 1 unspecified atom stereocenters. The van der Waals surface area contributed by atoms with E-state index < -0.39 is 0 Å². The van der Waals surface area contributed by atoms with Gasteiger partial charge in [0.25, 0.3) is 0 Å². The molecule has 1 aliphatic heterocycles.